The van der Waals surface area contributed by atoms with Crippen molar-refractivity contribution in [2.24, 2.45) is 0 Å². The Labute approximate surface area is 191 Å². The number of nitrogens with zero attached hydrogens (tertiary/aromatic N) is 1. The van der Waals surface area contributed by atoms with Gasteiger partial charge in [0.25, 0.3) is 0 Å². The number of Topliss-reactive ketones (excluding diaryl/α,β-unsaturated/α-hetero) is 1. The number of nitrogens with one attached hydrogen (secondary N) is 1. The van der Waals surface area contributed by atoms with E-state index in [0.29, 0.717) is 25.3 Å². The largest absolute Gasteiger partial charge is 0.493 e. The number of hydrogen-bond donors (Lipinski definition) is 1. The Bertz CT molecular complexity index is 854. The van der Waals surface area contributed by atoms with E-state index in [0.717, 1.165) is 36.3 Å². The molecule has 1 atom stereocenters. The molecule has 32 heavy (non-hydrogen) atoms. The molecule has 0 fully saturated rings. The summed E-state index contributed by atoms with van der Waals surface area (Å²) in [6.07, 6.45) is 2.34. The number of rotatable bonds is 14. The van der Waals surface area contributed by atoms with E-state index in [1.165, 1.54) is 6.92 Å². The second-order valence-electron chi connectivity index (χ2n) is 7.96. The Morgan fingerprint density at radius 1 is 1.00 bits per heavy atom. The lowest BCUT2D eigenvalue weighted by Gasteiger charge is -2.23. The summed E-state index contributed by atoms with van der Waals surface area (Å²) in [6, 6.07) is 15.1. The zero-order chi connectivity index (χ0) is 23.3. The summed E-state index contributed by atoms with van der Waals surface area (Å²) < 4.78 is 11.2. The molecule has 6 nitrogen and oxygen atoms in total. The minimum Gasteiger partial charge on any atom is -0.493 e. The van der Waals surface area contributed by atoms with Gasteiger partial charge in [-0.1, -0.05) is 50.2 Å². The van der Waals surface area contributed by atoms with Crippen LogP contribution >= 0.6 is 0 Å². The van der Waals surface area contributed by atoms with Gasteiger partial charge in [0.1, 0.15) is 0 Å². The normalized spacial score (nSPS) is 11.8. The Kier molecular flexibility index (Phi) is 10.7. The molecule has 0 aromatic heterocycles. The third-order valence-electron chi connectivity index (χ3n) is 5.11. The van der Waals surface area contributed by atoms with E-state index in [2.05, 4.69) is 24.1 Å². The van der Waals surface area contributed by atoms with Crippen LogP contribution < -0.4 is 14.8 Å². The lowest BCUT2D eigenvalue weighted by atomic mass is 10.0. The molecule has 2 aromatic rings. The quantitative estimate of drug-likeness (QED) is 0.481. The third kappa shape index (κ3) is 8.35. The molecule has 0 spiro atoms. The minimum absolute atomic E-state index is 0.0448. The van der Waals surface area contributed by atoms with Crippen molar-refractivity contribution < 1.29 is 19.1 Å². The average Bonchev–Trinajstić information content (AvgIpc) is 2.78. The van der Waals surface area contributed by atoms with Gasteiger partial charge in [0.2, 0.25) is 5.91 Å². The number of ketones is 1. The summed E-state index contributed by atoms with van der Waals surface area (Å²) in [5.74, 6) is 1.22. The van der Waals surface area contributed by atoms with E-state index in [1.54, 1.807) is 7.11 Å². The molecule has 0 unspecified atom stereocenters. The Morgan fingerprint density at radius 3 is 2.38 bits per heavy atom. The number of hydrogen-bond acceptors (Lipinski definition) is 5. The van der Waals surface area contributed by atoms with E-state index in [4.69, 9.17) is 9.47 Å². The van der Waals surface area contributed by atoms with Crippen LogP contribution in [-0.2, 0) is 22.6 Å². The highest BCUT2D eigenvalue weighted by Gasteiger charge is 2.19. The minimum atomic E-state index is -0.525. The van der Waals surface area contributed by atoms with Crippen LogP contribution in [0.5, 0.6) is 11.5 Å². The molecule has 6 heteroatoms. The zero-order valence-electron chi connectivity index (χ0n) is 19.7. The van der Waals surface area contributed by atoms with Crippen LogP contribution in [0.3, 0.4) is 0 Å². The highest BCUT2D eigenvalue weighted by atomic mass is 16.5. The van der Waals surface area contributed by atoms with Gasteiger partial charge in [-0.25, -0.2) is 0 Å². The molecule has 2 rings (SSSR count). The van der Waals surface area contributed by atoms with Crippen molar-refractivity contribution in [2.75, 3.05) is 26.8 Å². The van der Waals surface area contributed by atoms with Gasteiger partial charge in [-0.2, -0.15) is 0 Å². The third-order valence-corrected chi connectivity index (χ3v) is 5.11. The molecule has 0 radical (unpaired) electrons. The first-order valence-corrected chi connectivity index (χ1v) is 11.3. The van der Waals surface area contributed by atoms with Gasteiger partial charge in [-0.15, -0.1) is 0 Å². The topological polar surface area (TPSA) is 67.9 Å². The van der Waals surface area contributed by atoms with Gasteiger partial charge in [0.05, 0.1) is 26.3 Å². The Morgan fingerprint density at radius 2 is 1.75 bits per heavy atom. The number of benzene rings is 2. The van der Waals surface area contributed by atoms with E-state index in [-0.39, 0.29) is 18.2 Å². The first kappa shape index (κ1) is 25.4. The standard InChI is InChI=1S/C26H36N2O4/c1-5-14-28(18-22-12-13-24(32-15-6-2)25(17-22)31-4)19-26(30)27-23(20(3)29)16-21-10-8-7-9-11-21/h7-13,17,23H,5-6,14-16,18-19H2,1-4H3,(H,27,30)/t23-/m0/s1. The molecule has 174 valence electrons. The fourth-order valence-electron chi connectivity index (χ4n) is 3.52. The van der Waals surface area contributed by atoms with E-state index in [9.17, 15) is 9.59 Å². The van der Waals surface area contributed by atoms with Gasteiger partial charge >= 0.3 is 0 Å². The van der Waals surface area contributed by atoms with Crippen molar-refractivity contribution in [3.63, 3.8) is 0 Å². The summed E-state index contributed by atoms with van der Waals surface area (Å²) in [6.45, 7) is 7.90. The van der Waals surface area contributed by atoms with Crippen LogP contribution in [0.2, 0.25) is 0 Å². The van der Waals surface area contributed by atoms with Gasteiger partial charge in [-0.05, 0) is 56.0 Å². The van der Waals surface area contributed by atoms with E-state index in [1.807, 2.05) is 48.5 Å². The molecule has 0 bridgehead atoms. The van der Waals surface area contributed by atoms with Crippen molar-refractivity contribution in [1.82, 2.24) is 10.2 Å². The second-order valence-corrected chi connectivity index (χ2v) is 7.96. The van der Waals surface area contributed by atoms with Crippen molar-refractivity contribution in [3.8, 4) is 11.5 Å². The molecule has 0 aliphatic heterocycles. The maximum atomic E-state index is 12.8. The molecular formula is C26H36N2O4. The molecule has 0 saturated carbocycles. The van der Waals surface area contributed by atoms with Crippen molar-refractivity contribution in [3.05, 3.63) is 59.7 Å². The summed E-state index contributed by atoms with van der Waals surface area (Å²) in [5, 5.41) is 2.92. The van der Waals surface area contributed by atoms with Gasteiger partial charge in [0.15, 0.2) is 17.3 Å². The second kappa shape index (κ2) is 13.5. The van der Waals surface area contributed by atoms with Gasteiger partial charge in [0, 0.05) is 6.54 Å². The predicted octanol–water partition coefficient (Wildman–Crippen LogP) is 4.01. The van der Waals surface area contributed by atoms with Crippen molar-refractivity contribution in [1.29, 1.82) is 0 Å². The maximum Gasteiger partial charge on any atom is 0.234 e. The lowest BCUT2D eigenvalue weighted by molar-refractivity contribution is -0.127. The summed E-state index contributed by atoms with van der Waals surface area (Å²) in [5.41, 5.74) is 2.07. The number of carbonyl (C=O) groups is 2. The van der Waals surface area contributed by atoms with Crippen LogP contribution in [0.1, 0.15) is 44.7 Å². The first-order chi connectivity index (χ1) is 15.5. The van der Waals surface area contributed by atoms with Crippen molar-refractivity contribution >= 4 is 11.7 Å². The average molecular weight is 441 g/mol. The van der Waals surface area contributed by atoms with Crippen molar-refractivity contribution in [2.45, 2.75) is 52.6 Å². The van der Waals surface area contributed by atoms with Crippen LogP contribution in [-0.4, -0.2) is 49.4 Å². The van der Waals surface area contributed by atoms with E-state index >= 15 is 0 Å². The maximum absolute atomic E-state index is 12.8. The fraction of sp³-hybridized carbons (Fsp3) is 0.462. The lowest BCUT2D eigenvalue weighted by Crippen LogP contribution is -2.46. The predicted molar refractivity (Wildman–Crippen MR) is 127 cm³/mol. The SMILES string of the molecule is CCCOc1ccc(CN(CCC)CC(=O)N[C@@H](Cc2ccccc2)C(C)=O)cc1OC. The van der Waals surface area contributed by atoms with Crippen LogP contribution in [0.25, 0.3) is 0 Å². The highest BCUT2D eigenvalue weighted by molar-refractivity contribution is 5.88. The van der Waals surface area contributed by atoms with E-state index < -0.39 is 6.04 Å². The molecule has 0 aliphatic carbocycles. The molecule has 0 aliphatic rings. The fourth-order valence-corrected chi connectivity index (χ4v) is 3.52. The van der Waals surface area contributed by atoms with Gasteiger partial charge < -0.3 is 14.8 Å². The first-order valence-electron chi connectivity index (χ1n) is 11.3. The molecule has 0 saturated heterocycles. The number of carbonyl (C=O) groups excluding carboxylic acids is 2. The summed E-state index contributed by atoms with van der Waals surface area (Å²) in [4.78, 5) is 27.0. The number of ether oxygens (including phenoxy) is 2. The Hall–Kier alpha value is -2.86. The molecule has 2 aromatic carbocycles. The molecule has 1 N–H and O–H groups in total. The zero-order valence-corrected chi connectivity index (χ0v) is 19.7. The highest BCUT2D eigenvalue weighted by Crippen LogP contribution is 2.28. The summed E-state index contributed by atoms with van der Waals surface area (Å²) in [7, 11) is 1.63. The Balaban J connectivity index is 2.02. The molecule has 1 amide bonds. The smallest absolute Gasteiger partial charge is 0.234 e. The van der Waals surface area contributed by atoms with Crippen LogP contribution in [0.4, 0.5) is 0 Å². The summed E-state index contributed by atoms with van der Waals surface area (Å²) >= 11 is 0. The monoisotopic (exact) mass is 440 g/mol. The number of amides is 1. The molecular weight excluding hydrogens is 404 g/mol. The van der Waals surface area contributed by atoms with Crippen LogP contribution in [0.15, 0.2) is 48.5 Å². The number of methoxy groups -OCH3 is 1. The van der Waals surface area contributed by atoms with Gasteiger partial charge in [-0.3, -0.25) is 14.5 Å². The van der Waals surface area contributed by atoms with Crippen LogP contribution in [0, 0.1) is 0 Å². The molecule has 0 heterocycles.